The Balaban J connectivity index is 1.71. The van der Waals surface area contributed by atoms with Crippen molar-refractivity contribution in [2.24, 2.45) is 0 Å². The smallest absolute Gasteiger partial charge is 0.338 e. The van der Waals surface area contributed by atoms with Gasteiger partial charge in [0.05, 0.1) is 35.4 Å². The van der Waals surface area contributed by atoms with E-state index in [-0.39, 0.29) is 11.8 Å². The number of pyridine rings is 1. The number of nitrogens with zero attached hydrogens (tertiary/aromatic N) is 3. The molecule has 2 aromatic heterocycles. The molecule has 0 unspecified atom stereocenters. The molecule has 0 amide bonds. The van der Waals surface area contributed by atoms with Crippen molar-refractivity contribution >= 4 is 28.8 Å². The van der Waals surface area contributed by atoms with Gasteiger partial charge >= 0.3 is 5.97 Å². The van der Waals surface area contributed by atoms with E-state index in [1.165, 1.54) is 11.8 Å². The number of carbonyl (C=O) groups excluding carboxylic acids is 1. The monoisotopic (exact) mass is 435 g/mol. The van der Waals surface area contributed by atoms with Gasteiger partial charge in [-0.15, -0.1) is 0 Å². The molecular weight excluding hydrogens is 413 g/mol. The van der Waals surface area contributed by atoms with Crippen LogP contribution in [0, 0.1) is 12.7 Å². The third kappa shape index (κ3) is 4.61. The summed E-state index contributed by atoms with van der Waals surface area (Å²) < 4.78 is 21.6. The molecule has 0 N–H and O–H groups in total. The van der Waals surface area contributed by atoms with Crippen molar-refractivity contribution < 1.29 is 13.9 Å². The van der Waals surface area contributed by atoms with E-state index in [2.05, 4.69) is 4.98 Å². The third-order valence-corrected chi connectivity index (χ3v) is 5.92. The minimum Gasteiger partial charge on any atom is -0.462 e. The fourth-order valence-corrected chi connectivity index (χ4v) is 4.32. The van der Waals surface area contributed by atoms with Crippen LogP contribution in [-0.4, -0.2) is 27.1 Å². The van der Waals surface area contributed by atoms with Crippen LogP contribution in [0.25, 0.3) is 11.0 Å². The van der Waals surface area contributed by atoms with E-state index in [1.807, 2.05) is 34.9 Å². The van der Waals surface area contributed by atoms with Gasteiger partial charge in [-0.25, -0.2) is 14.2 Å². The number of esters is 1. The lowest BCUT2D eigenvalue weighted by Gasteiger charge is -2.10. The first kappa shape index (κ1) is 21.1. The second-order valence-corrected chi connectivity index (χ2v) is 8.00. The Morgan fingerprint density at radius 3 is 2.81 bits per heavy atom. The summed E-state index contributed by atoms with van der Waals surface area (Å²) in [4.78, 5) is 21.3. The van der Waals surface area contributed by atoms with Crippen molar-refractivity contribution in [1.82, 2.24) is 14.5 Å². The van der Waals surface area contributed by atoms with E-state index in [1.54, 1.807) is 44.3 Å². The zero-order chi connectivity index (χ0) is 21.8. The predicted molar refractivity (Wildman–Crippen MR) is 120 cm³/mol. The molecule has 0 aliphatic rings. The lowest BCUT2D eigenvalue weighted by atomic mass is 10.1. The summed E-state index contributed by atoms with van der Waals surface area (Å²) in [6.07, 6.45) is 1.75. The SMILES string of the molecule is CCOC(=O)c1ccc2c(c1)nc(SCc1cccc(C)c1F)n2Cc1ccccn1. The number of imidazole rings is 1. The summed E-state index contributed by atoms with van der Waals surface area (Å²) in [5.41, 5.74) is 4.17. The van der Waals surface area contributed by atoms with E-state index in [4.69, 9.17) is 9.72 Å². The number of carbonyl (C=O) groups is 1. The van der Waals surface area contributed by atoms with Gasteiger partial charge in [-0.3, -0.25) is 4.98 Å². The van der Waals surface area contributed by atoms with Crippen LogP contribution in [0.15, 0.2) is 66.0 Å². The first-order chi connectivity index (χ1) is 15.1. The summed E-state index contributed by atoms with van der Waals surface area (Å²) in [5.74, 6) is -0.115. The number of halogens is 1. The summed E-state index contributed by atoms with van der Waals surface area (Å²) >= 11 is 1.46. The van der Waals surface area contributed by atoms with Crippen LogP contribution < -0.4 is 0 Å². The Morgan fingerprint density at radius 2 is 2.03 bits per heavy atom. The maximum Gasteiger partial charge on any atom is 0.338 e. The molecule has 0 fully saturated rings. The van der Waals surface area contributed by atoms with E-state index in [0.29, 0.717) is 41.1 Å². The van der Waals surface area contributed by atoms with Gasteiger partial charge in [0.25, 0.3) is 0 Å². The van der Waals surface area contributed by atoms with E-state index in [9.17, 15) is 9.18 Å². The van der Waals surface area contributed by atoms with Crippen molar-refractivity contribution in [3.63, 3.8) is 0 Å². The topological polar surface area (TPSA) is 57.0 Å². The molecular formula is C24H22FN3O2S. The van der Waals surface area contributed by atoms with Gasteiger partial charge in [0, 0.05) is 11.9 Å². The summed E-state index contributed by atoms with van der Waals surface area (Å²) in [6, 6.07) is 16.5. The fraction of sp³-hybridized carbons (Fsp3) is 0.208. The minimum atomic E-state index is -0.375. The Kier molecular flexibility index (Phi) is 6.32. The molecule has 4 rings (SSSR count). The second kappa shape index (κ2) is 9.31. The van der Waals surface area contributed by atoms with E-state index in [0.717, 1.165) is 16.4 Å². The van der Waals surface area contributed by atoms with Crippen molar-refractivity contribution in [2.75, 3.05) is 6.61 Å². The molecule has 0 spiro atoms. The average Bonchev–Trinajstić information content (AvgIpc) is 3.12. The fourth-order valence-electron chi connectivity index (χ4n) is 3.33. The van der Waals surface area contributed by atoms with Crippen LogP contribution in [0.5, 0.6) is 0 Å². The highest BCUT2D eigenvalue weighted by molar-refractivity contribution is 7.98. The third-order valence-electron chi connectivity index (χ3n) is 4.90. The number of ether oxygens (including phenoxy) is 1. The first-order valence-corrected chi connectivity index (χ1v) is 11.0. The highest BCUT2D eigenvalue weighted by atomic mass is 32.2. The van der Waals surface area contributed by atoms with Gasteiger partial charge in [0.2, 0.25) is 0 Å². The molecule has 5 nitrogen and oxygen atoms in total. The number of aromatic nitrogens is 3. The molecule has 2 heterocycles. The van der Waals surface area contributed by atoms with Crippen molar-refractivity contribution in [1.29, 1.82) is 0 Å². The summed E-state index contributed by atoms with van der Waals surface area (Å²) in [5, 5.41) is 0.738. The highest BCUT2D eigenvalue weighted by Gasteiger charge is 2.16. The Bertz CT molecular complexity index is 1220. The number of fused-ring (bicyclic) bond motifs is 1. The minimum absolute atomic E-state index is 0.188. The number of rotatable bonds is 7. The molecule has 2 aromatic carbocycles. The zero-order valence-corrected chi connectivity index (χ0v) is 18.2. The van der Waals surface area contributed by atoms with Crippen molar-refractivity contribution in [2.45, 2.75) is 31.3 Å². The molecule has 0 aliphatic heterocycles. The number of hydrogen-bond donors (Lipinski definition) is 0. The molecule has 0 aliphatic carbocycles. The Labute approximate surface area is 184 Å². The van der Waals surface area contributed by atoms with Gasteiger partial charge in [-0.2, -0.15) is 0 Å². The number of thioether (sulfide) groups is 1. The van der Waals surface area contributed by atoms with Crippen LogP contribution >= 0.6 is 11.8 Å². The Morgan fingerprint density at radius 1 is 1.16 bits per heavy atom. The van der Waals surface area contributed by atoms with Gasteiger partial charge in [0.15, 0.2) is 5.16 Å². The summed E-state index contributed by atoms with van der Waals surface area (Å²) in [7, 11) is 0. The van der Waals surface area contributed by atoms with Crippen LogP contribution in [0.2, 0.25) is 0 Å². The second-order valence-electron chi connectivity index (χ2n) is 7.06. The molecule has 158 valence electrons. The van der Waals surface area contributed by atoms with Gasteiger partial charge in [-0.05, 0) is 55.3 Å². The molecule has 0 radical (unpaired) electrons. The quantitative estimate of drug-likeness (QED) is 0.288. The normalized spacial score (nSPS) is 11.1. The lowest BCUT2D eigenvalue weighted by molar-refractivity contribution is 0.0526. The Hall–Kier alpha value is -3.19. The van der Waals surface area contributed by atoms with Crippen molar-refractivity contribution in [3.05, 3.63) is 89.0 Å². The van der Waals surface area contributed by atoms with Crippen molar-refractivity contribution in [3.8, 4) is 0 Å². The average molecular weight is 436 g/mol. The maximum absolute atomic E-state index is 14.5. The molecule has 0 bridgehead atoms. The van der Waals surface area contributed by atoms with Gasteiger partial charge in [0.1, 0.15) is 5.82 Å². The van der Waals surface area contributed by atoms with Gasteiger partial charge < -0.3 is 9.30 Å². The van der Waals surface area contributed by atoms with Gasteiger partial charge in [-0.1, -0.05) is 36.0 Å². The van der Waals surface area contributed by atoms with Crippen LogP contribution in [0.1, 0.15) is 34.1 Å². The molecule has 0 saturated heterocycles. The standard InChI is InChI=1S/C24H22FN3O2S/c1-3-30-23(29)17-10-11-21-20(13-17)27-24(28(21)14-19-9-4-5-12-26-19)31-15-18-8-6-7-16(2)22(18)25/h4-13H,3,14-15H2,1-2H3. The largest absolute Gasteiger partial charge is 0.462 e. The number of benzene rings is 2. The van der Waals surface area contributed by atoms with E-state index >= 15 is 0 Å². The molecule has 4 aromatic rings. The summed E-state index contributed by atoms with van der Waals surface area (Å²) in [6.45, 7) is 4.37. The molecule has 0 saturated carbocycles. The lowest BCUT2D eigenvalue weighted by Crippen LogP contribution is -2.05. The van der Waals surface area contributed by atoms with Crippen LogP contribution in [-0.2, 0) is 17.0 Å². The molecule has 0 atom stereocenters. The van der Waals surface area contributed by atoms with Crippen LogP contribution in [0.4, 0.5) is 4.39 Å². The zero-order valence-electron chi connectivity index (χ0n) is 17.3. The molecule has 7 heteroatoms. The highest BCUT2D eigenvalue weighted by Crippen LogP contribution is 2.29. The number of aryl methyl sites for hydroxylation is 1. The van der Waals surface area contributed by atoms with E-state index < -0.39 is 0 Å². The molecule has 31 heavy (non-hydrogen) atoms. The van der Waals surface area contributed by atoms with Crippen LogP contribution in [0.3, 0.4) is 0 Å². The number of hydrogen-bond acceptors (Lipinski definition) is 5. The maximum atomic E-state index is 14.5. The predicted octanol–water partition coefficient (Wildman–Crippen LogP) is 5.40. The first-order valence-electron chi connectivity index (χ1n) is 10.0.